The second-order valence-electron chi connectivity index (χ2n) is 6.03. The quantitative estimate of drug-likeness (QED) is 0.926. The Morgan fingerprint density at radius 1 is 1.27 bits per heavy atom. The van der Waals surface area contributed by atoms with Gasteiger partial charge in [0.2, 0.25) is 5.91 Å². The molecule has 0 aliphatic carbocycles. The summed E-state index contributed by atoms with van der Waals surface area (Å²) in [6, 6.07) is 7.91. The molecule has 2 saturated heterocycles. The summed E-state index contributed by atoms with van der Waals surface area (Å²) in [5.41, 5.74) is 1.05. The molecule has 5 heteroatoms. The van der Waals surface area contributed by atoms with Gasteiger partial charge in [0.05, 0.1) is 12.1 Å². The predicted octanol–water partition coefficient (Wildman–Crippen LogP) is 2.77. The SMILES string of the molecule is O=C(COC1CCNCC1)N1CCCC1c1ccccc1Cl. The van der Waals surface area contributed by atoms with Gasteiger partial charge in [-0.1, -0.05) is 29.8 Å². The van der Waals surface area contributed by atoms with E-state index < -0.39 is 0 Å². The monoisotopic (exact) mass is 322 g/mol. The zero-order valence-corrected chi connectivity index (χ0v) is 13.5. The molecule has 2 heterocycles. The molecule has 2 fully saturated rings. The van der Waals surface area contributed by atoms with Crippen molar-refractivity contribution in [1.29, 1.82) is 0 Å². The molecule has 3 rings (SSSR count). The maximum atomic E-state index is 12.5. The molecule has 2 aliphatic heterocycles. The number of halogens is 1. The van der Waals surface area contributed by atoms with E-state index >= 15 is 0 Å². The van der Waals surface area contributed by atoms with Gasteiger partial charge in [-0.15, -0.1) is 0 Å². The highest BCUT2D eigenvalue weighted by atomic mass is 35.5. The Kier molecular flexibility index (Phi) is 5.34. The van der Waals surface area contributed by atoms with Gasteiger partial charge in [0.25, 0.3) is 0 Å². The summed E-state index contributed by atoms with van der Waals surface area (Å²) in [6.45, 7) is 2.94. The fourth-order valence-corrected chi connectivity index (χ4v) is 3.63. The summed E-state index contributed by atoms with van der Waals surface area (Å²) in [5.74, 6) is 0.0842. The van der Waals surface area contributed by atoms with Gasteiger partial charge in [-0.3, -0.25) is 4.79 Å². The number of hydrogen-bond acceptors (Lipinski definition) is 3. The smallest absolute Gasteiger partial charge is 0.249 e. The Bertz CT molecular complexity index is 517. The Labute approximate surface area is 136 Å². The molecule has 4 nitrogen and oxygen atoms in total. The minimum absolute atomic E-state index is 0.0842. The van der Waals surface area contributed by atoms with Crippen LogP contribution in [0.4, 0.5) is 0 Å². The molecule has 120 valence electrons. The number of nitrogens with zero attached hydrogens (tertiary/aromatic N) is 1. The number of benzene rings is 1. The third-order valence-corrected chi connectivity index (χ3v) is 4.91. The fourth-order valence-electron chi connectivity index (χ4n) is 3.37. The zero-order valence-electron chi connectivity index (χ0n) is 12.8. The molecule has 1 N–H and O–H groups in total. The first-order chi connectivity index (χ1) is 10.8. The molecular weight excluding hydrogens is 300 g/mol. The van der Waals surface area contributed by atoms with Crippen molar-refractivity contribution in [2.75, 3.05) is 26.2 Å². The lowest BCUT2D eigenvalue weighted by molar-refractivity contribution is -0.139. The molecule has 1 aromatic carbocycles. The van der Waals surface area contributed by atoms with Crippen molar-refractivity contribution in [1.82, 2.24) is 10.2 Å². The lowest BCUT2D eigenvalue weighted by Crippen LogP contribution is -2.37. The second-order valence-corrected chi connectivity index (χ2v) is 6.43. The first kappa shape index (κ1) is 15.8. The summed E-state index contributed by atoms with van der Waals surface area (Å²) in [4.78, 5) is 14.5. The van der Waals surface area contributed by atoms with E-state index in [2.05, 4.69) is 5.32 Å². The highest BCUT2D eigenvalue weighted by Crippen LogP contribution is 2.35. The number of amides is 1. The molecular formula is C17H23ClN2O2. The number of likely N-dealkylation sites (tertiary alicyclic amines) is 1. The molecule has 0 radical (unpaired) electrons. The third kappa shape index (κ3) is 3.62. The lowest BCUT2D eigenvalue weighted by Gasteiger charge is -2.28. The van der Waals surface area contributed by atoms with Crippen LogP contribution in [0.1, 0.15) is 37.3 Å². The van der Waals surface area contributed by atoms with Crippen molar-refractivity contribution in [3.05, 3.63) is 34.9 Å². The molecule has 0 spiro atoms. The fraction of sp³-hybridized carbons (Fsp3) is 0.588. The molecule has 0 bridgehead atoms. The maximum absolute atomic E-state index is 12.5. The number of carbonyl (C=O) groups is 1. The van der Waals surface area contributed by atoms with E-state index in [1.807, 2.05) is 29.2 Å². The van der Waals surface area contributed by atoms with Crippen LogP contribution in [0.5, 0.6) is 0 Å². The van der Waals surface area contributed by atoms with Crippen LogP contribution in [-0.4, -0.2) is 43.2 Å². The van der Waals surface area contributed by atoms with E-state index in [0.29, 0.717) is 0 Å². The van der Waals surface area contributed by atoms with Crippen molar-refractivity contribution in [3.8, 4) is 0 Å². The normalized spacial score (nSPS) is 23.0. The van der Waals surface area contributed by atoms with Crippen LogP contribution in [0.2, 0.25) is 5.02 Å². The topological polar surface area (TPSA) is 41.6 Å². The molecule has 1 atom stereocenters. The van der Waals surface area contributed by atoms with Crippen LogP contribution < -0.4 is 5.32 Å². The average molecular weight is 323 g/mol. The largest absolute Gasteiger partial charge is 0.368 e. The van der Waals surface area contributed by atoms with Crippen LogP contribution in [0.3, 0.4) is 0 Å². The van der Waals surface area contributed by atoms with Crippen molar-refractivity contribution >= 4 is 17.5 Å². The molecule has 1 amide bonds. The zero-order chi connectivity index (χ0) is 15.4. The van der Waals surface area contributed by atoms with Crippen molar-refractivity contribution < 1.29 is 9.53 Å². The number of piperidine rings is 1. The maximum Gasteiger partial charge on any atom is 0.249 e. The highest BCUT2D eigenvalue weighted by molar-refractivity contribution is 6.31. The second kappa shape index (κ2) is 7.44. The highest BCUT2D eigenvalue weighted by Gasteiger charge is 2.31. The lowest BCUT2D eigenvalue weighted by atomic mass is 10.0. The summed E-state index contributed by atoms with van der Waals surface area (Å²) in [7, 11) is 0. The van der Waals surface area contributed by atoms with Gasteiger partial charge in [0.1, 0.15) is 6.61 Å². The minimum Gasteiger partial charge on any atom is -0.368 e. The minimum atomic E-state index is 0.0842. The number of ether oxygens (including phenoxy) is 1. The first-order valence-corrected chi connectivity index (χ1v) is 8.49. The van der Waals surface area contributed by atoms with E-state index in [9.17, 15) is 4.79 Å². The Morgan fingerprint density at radius 2 is 2.05 bits per heavy atom. The van der Waals surface area contributed by atoms with E-state index in [1.165, 1.54) is 0 Å². The number of nitrogens with one attached hydrogen (secondary N) is 1. The average Bonchev–Trinajstić information content (AvgIpc) is 3.03. The van der Waals surface area contributed by atoms with Gasteiger partial charge < -0.3 is 15.0 Å². The van der Waals surface area contributed by atoms with Gasteiger partial charge in [0.15, 0.2) is 0 Å². The van der Waals surface area contributed by atoms with E-state index in [-0.39, 0.29) is 24.7 Å². The Morgan fingerprint density at radius 3 is 2.82 bits per heavy atom. The van der Waals surface area contributed by atoms with E-state index in [1.54, 1.807) is 0 Å². The first-order valence-electron chi connectivity index (χ1n) is 8.12. The summed E-state index contributed by atoms with van der Waals surface area (Å²) < 4.78 is 5.81. The van der Waals surface area contributed by atoms with Crippen LogP contribution in [0.15, 0.2) is 24.3 Å². The predicted molar refractivity (Wildman–Crippen MR) is 87.0 cm³/mol. The number of carbonyl (C=O) groups excluding carboxylic acids is 1. The van der Waals surface area contributed by atoms with Crippen molar-refractivity contribution in [2.45, 2.75) is 37.8 Å². The molecule has 1 aromatic rings. The number of rotatable bonds is 4. The molecule has 22 heavy (non-hydrogen) atoms. The Balaban J connectivity index is 1.60. The van der Waals surface area contributed by atoms with E-state index in [4.69, 9.17) is 16.3 Å². The van der Waals surface area contributed by atoms with Crippen molar-refractivity contribution in [3.63, 3.8) is 0 Å². The molecule has 0 saturated carbocycles. The van der Waals surface area contributed by atoms with Gasteiger partial charge in [-0.25, -0.2) is 0 Å². The molecule has 0 aromatic heterocycles. The molecule has 1 unspecified atom stereocenters. The molecule has 2 aliphatic rings. The number of hydrogen-bond donors (Lipinski definition) is 1. The van der Waals surface area contributed by atoms with Gasteiger partial charge in [0, 0.05) is 11.6 Å². The van der Waals surface area contributed by atoms with Crippen LogP contribution in [-0.2, 0) is 9.53 Å². The standard InChI is InChI=1S/C17H23ClN2O2/c18-15-5-2-1-4-14(15)16-6-3-11-20(16)17(21)12-22-13-7-9-19-10-8-13/h1-2,4-5,13,16,19H,3,6-12H2. The van der Waals surface area contributed by atoms with Crippen LogP contribution in [0.25, 0.3) is 0 Å². The van der Waals surface area contributed by atoms with Gasteiger partial charge in [-0.05, 0) is 50.4 Å². The Hall–Kier alpha value is -1.10. The third-order valence-electron chi connectivity index (χ3n) is 4.57. The van der Waals surface area contributed by atoms with Gasteiger partial charge in [-0.2, -0.15) is 0 Å². The summed E-state index contributed by atoms with van der Waals surface area (Å²) in [6.07, 6.45) is 4.19. The van der Waals surface area contributed by atoms with Crippen LogP contribution in [0, 0.1) is 0 Å². The van der Waals surface area contributed by atoms with Crippen LogP contribution >= 0.6 is 11.6 Å². The summed E-state index contributed by atoms with van der Waals surface area (Å²) in [5, 5.41) is 4.04. The van der Waals surface area contributed by atoms with E-state index in [0.717, 1.165) is 55.9 Å². The summed E-state index contributed by atoms with van der Waals surface area (Å²) >= 11 is 6.30. The van der Waals surface area contributed by atoms with Crippen molar-refractivity contribution in [2.24, 2.45) is 0 Å². The van der Waals surface area contributed by atoms with Gasteiger partial charge >= 0.3 is 0 Å².